The molecule has 5 heterocycles. The van der Waals surface area contributed by atoms with E-state index < -0.39 is 18.2 Å². The Bertz CT molecular complexity index is 2240. The first-order valence-corrected chi connectivity index (χ1v) is 20.3. The van der Waals surface area contributed by atoms with E-state index in [-0.39, 0.29) is 41.9 Å². The number of anilines is 2. The quantitative estimate of drug-likeness (QED) is 0.0740. The molecule has 0 saturated carbocycles. The minimum absolute atomic E-state index is 0.0562. The second kappa shape index (κ2) is 16.5. The maximum atomic E-state index is 13.7. The number of methoxy groups -OCH3 is 2. The number of alkyl carbamates (subject to hydrolysis) is 2. The van der Waals surface area contributed by atoms with Crippen LogP contribution in [0.25, 0.3) is 42.7 Å². The summed E-state index contributed by atoms with van der Waals surface area (Å²) in [5.41, 5.74) is 12.2. The second-order valence-electron chi connectivity index (χ2n) is 15.5. The number of nitrogens with one attached hydrogen (secondary N) is 5. The van der Waals surface area contributed by atoms with Gasteiger partial charge in [0, 0.05) is 29.7 Å². The van der Waals surface area contributed by atoms with Gasteiger partial charge in [0.25, 0.3) is 0 Å². The molecular formula is C40H52N10O5S. The molecule has 1 fully saturated rings. The van der Waals surface area contributed by atoms with Crippen LogP contribution < -0.4 is 27.0 Å². The van der Waals surface area contributed by atoms with Crippen LogP contribution >= 0.6 is 11.3 Å². The zero-order valence-electron chi connectivity index (χ0n) is 32.8. The van der Waals surface area contributed by atoms with E-state index >= 15 is 0 Å². The predicted octanol–water partition coefficient (Wildman–Crippen LogP) is 6.72. The van der Waals surface area contributed by atoms with Crippen LogP contribution in [0.5, 0.6) is 0 Å². The zero-order valence-corrected chi connectivity index (χ0v) is 33.6. The number of amides is 3. The fourth-order valence-corrected chi connectivity index (χ4v) is 9.01. The highest BCUT2D eigenvalue weighted by atomic mass is 32.1. The molecule has 0 spiro atoms. The number of hydrogen-bond acceptors (Lipinski definition) is 12. The van der Waals surface area contributed by atoms with E-state index in [2.05, 4.69) is 58.3 Å². The molecule has 298 valence electrons. The molecular weight excluding hydrogens is 733 g/mol. The van der Waals surface area contributed by atoms with Crippen molar-refractivity contribution in [2.75, 3.05) is 37.9 Å². The Morgan fingerprint density at radius 3 is 2.50 bits per heavy atom. The van der Waals surface area contributed by atoms with Crippen molar-refractivity contribution in [3.05, 3.63) is 42.4 Å². The first-order valence-electron chi connectivity index (χ1n) is 19.4. The van der Waals surface area contributed by atoms with Crippen molar-refractivity contribution in [3.63, 3.8) is 0 Å². The lowest BCUT2D eigenvalue weighted by atomic mass is 9.87. The summed E-state index contributed by atoms with van der Waals surface area (Å²) in [6.07, 6.45) is 4.89. The molecule has 2 aromatic carbocycles. The zero-order chi connectivity index (χ0) is 39.7. The Morgan fingerprint density at radius 2 is 1.77 bits per heavy atom. The Balaban J connectivity index is 1.13. The van der Waals surface area contributed by atoms with Crippen LogP contribution in [-0.4, -0.2) is 88.5 Å². The molecule has 1 unspecified atom stereocenters. The highest BCUT2D eigenvalue weighted by Crippen LogP contribution is 2.41. The van der Waals surface area contributed by atoms with Gasteiger partial charge in [-0.2, -0.15) is 0 Å². The number of carbonyl (C=O) groups excluding carboxylic acids is 3. The van der Waals surface area contributed by atoms with Crippen molar-refractivity contribution in [1.82, 2.24) is 35.5 Å². The number of fused-ring (bicyclic) bond motifs is 6. The molecule has 5 aromatic rings. The van der Waals surface area contributed by atoms with Crippen LogP contribution in [0.4, 0.5) is 21.0 Å². The van der Waals surface area contributed by atoms with Crippen molar-refractivity contribution in [2.24, 2.45) is 23.5 Å². The number of thiazole rings is 1. The third-order valence-electron chi connectivity index (χ3n) is 11.1. The number of nitrogens with two attached hydrogens (primary N) is 1. The summed E-state index contributed by atoms with van der Waals surface area (Å²) in [5, 5.41) is 15.0. The van der Waals surface area contributed by atoms with E-state index in [4.69, 9.17) is 30.2 Å². The van der Waals surface area contributed by atoms with E-state index in [9.17, 15) is 14.4 Å². The summed E-state index contributed by atoms with van der Waals surface area (Å²) in [4.78, 5) is 58.2. The molecule has 3 amide bonds. The molecule has 15 nitrogen and oxygen atoms in total. The first kappa shape index (κ1) is 39.0. The van der Waals surface area contributed by atoms with Gasteiger partial charge < -0.3 is 46.4 Å². The molecule has 3 aromatic heterocycles. The second-order valence-corrected chi connectivity index (χ2v) is 16.5. The molecule has 7 N–H and O–H groups in total. The number of aromatic amines is 1. The molecule has 2 aliphatic heterocycles. The lowest BCUT2D eigenvalue weighted by Gasteiger charge is -2.30. The summed E-state index contributed by atoms with van der Waals surface area (Å²) in [6.45, 7) is 9.19. The highest BCUT2D eigenvalue weighted by molar-refractivity contribution is 7.22. The molecule has 1 saturated heterocycles. The van der Waals surface area contributed by atoms with Crippen molar-refractivity contribution >= 4 is 73.0 Å². The fourth-order valence-electron chi connectivity index (χ4n) is 7.97. The molecule has 2 aliphatic rings. The van der Waals surface area contributed by atoms with Gasteiger partial charge in [-0.25, -0.2) is 19.6 Å². The van der Waals surface area contributed by atoms with Gasteiger partial charge in [0.2, 0.25) is 5.91 Å². The molecule has 0 radical (unpaired) electrons. The predicted molar refractivity (Wildman–Crippen MR) is 219 cm³/mol. The first-order chi connectivity index (χ1) is 27.0. The van der Waals surface area contributed by atoms with Crippen molar-refractivity contribution in [3.8, 4) is 10.6 Å². The monoisotopic (exact) mass is 784 g/mol. The maximum absolute atomic E-state index is 13.7. The van der Waals surface area contributed by atoms with Gasteiger partial charge in [-0.05, 0) is 80.7 Å². The topological polar surface area (TPSA) is 202 Å². The Morgan fingerprint density at radius 1 is 1.00 bits per heavy atom. The van der Waals surface area contributed by atoms with E-state index in [1.807, 2.05) is 37.1 Å². The van der Waals surface area contributed by atoms with Gasteiger partial charge in [-0.1, -0.05) is 33.8 Å². The smallest absolute Gasteiger partial charge is 0.407 e. The van der Waals surface area contributed by atoms with Gasteiger partial charge in [0.05, 0.1) is 64.6 Å². The van der Waals surface area contributed by atoms with Crippen molar-refractivity contribution in [2.45, 2.75) is 84.1 Å². The number of likely N-dealkylation sites (tertiary alicyclic amines) is 1. The van der Waals surface area contributed by atoms with Crippen LogP contribution in [0.15, 0.2) is 36.5 Å². The maximum Gasteiger partial charge on any atom is 0.407 e. The van der Waals surface area contributed by atoms with E-state index in [1.165, 1.54) is 14.2 Å². The number of imidazole rings is 1. The molecule has 5 atom stereocenters. The summed E-state index contributed by atoms with van der Waals surface area (Å²) in [6, 6.07) is 9.24. The minimum atomic E-state index is -0.703. The number of rotatable bonds is 13. The number of carbonyl (C=O) groups is 3. The third-order valence-corrected chi connectivity index (χ3v) is 12.2. The van der Waals surface area contributed by atoms with Crippen LogP contribution in [-0.2, 0) is 14.3 Å². The Hall–Kier alpha value is -5.22. The lowest BCUT2D eigenvalue weighted by Crippen LogP contribution is -2.51. The number of H-pyrrole nitrogens is 1. The van der Waals surface area contributed by atoms with Gasteiger partial charge in [0.1, 0.15) is 16.9 Å². The van der Waals surface area contributed by atoms with Crippen LogP contribution in [0.2, 0.25) is 0 Å². The average Bonchev–Trinajstić information content (AvgIpc) is 4.01. The highest BCUT2D eigenvalue weighted by Gasteiger charge is 2.38. The molecule has 56 heavy (non-hydrogen) atoms. The Kier molecular flexibility index (Phi) is 11.5. The number of nitrogens with zero attached hydrogens (tertiary/aromatic N) is 4. The number of aromatic nitrogens is 4. The Labute approximate surface area is 329 Å². The third kappa shape index (κ3) is 7.76. The number of ether oxygens (including phenoxy) is 2. The van der Waals surface area contributed by atoms with E-state index in [0.717, 1.165) is 92.0 Å². The lowest BCUT2D eigenvalue weighted by molar-refractivity contribution is -0.135. The molecule has 16 heteroatoms. The fraction of sp³-hybridized carbons (Fsp3) is 0.500. The largest absolute Gasteiger partial charge is 0.453 e. The molecule has 0 aliphatic carbocycles. The average molecular weight is 785 g/mol. The van der Waals surface area contributed by atoms with Gasteiger partial charge in [-0.15, -0.1) is 11.3 Å². The van der Waals surface area contributed by atoms with Gasteiger partial charge in [0.15, 0.2) is 0 Å². The van der Waals surface area contributed by atoms with Crippen molar-refractivity contribution in [1.29, 1.82) is 0 Å². The minimum Gasteiger partial charge on any atom is -0.453 e. The number of hydrogen-bond donors (Lipinski definition) is 6. The summed E-state index contributed by atoms with van der Waals surface area (Å²) in [7, 11) is 2.68. The van der Waals surface area contributed by atoms with Crippen molar-refractivity contribution < 1.29 is 23.9 Å². The van der Waals surface area contributed by atoms with Crippen LogP contribution in [0.1, 0.15) is 71.7 Å². The molecule has 7 rings (SSSR count). The van der Waals surface area contributed by atoms with E-state index in [0.29, 0.717) is 13.1 Å². The summed E-state index contributed by atoms with van der Waals surface area (Å²) in [5.74, 6) is 0.870. The molecule has 0 bridgehead atoms. The number of benzene rings is 2. The van der Waals surface area contributed by atoms with Crippen LogP contribution in [0.3, 0.4) is 0 Å². The van der Waals surface area contributed by atoms with Crippen LogP contribution in [0, 0.1) is 17.8 Å². The SMILES string of the molecule is COC(=O)N[C@H](C(=O)N1CCC[C@H]1c1nc2ccc3nc(-c4cnc5c6c(ccc5c4)NC([C@H](CCCN)C[C@@H](NC(=O)OC)C(C)C)N6)sc3c2[nH]1)C(C)C. The van der Waals surface area contributed by atoms with Gasteiger partial charge >= 0.3 is 12.2 Å². The summed E-state index contributed by atoms with van der Waals surface area (Å²) < 4.78 is 10.7. The van der Waals surface area contributed by atoms with E-state index in [1.54, 1.807) is 11.3 Å². The normalized spacial score (nSPS) is 18.2. The van der Waals surface area contributed by atoms with Gasteiger partial charge in [-0.3, -0.25) is 9.78 Å². The standard InChI is InChI=1S/C40H52N10O5S/c1-20(2)28(46-39(52)54-5)18-23(9-7-15-41)35-43-25-12-11-22-17-24(19-42-31(22)32(25)47-35)37-45-27-14-13-26-33(34(27)56-37)48-36(44-26)29-10-8-16-50(29)38(51)30(21(3)4)49-40(53)55-6/h11-14,17,19-21,23,28-30,35,43,47H,7-10,15-16,18,41H2,1-6H3,(H,44,48)(H,46,52)(H,49,53)/t23-,28-,29+,30+,35?/m1/s1. The summed E-state index contributed by atoms with van der Waals surface area (Å²) >= 11 is 1.58. The number of pyridine rings is 1.